The Labute approximate surface area is 227 Å². The van der Waals surface area contributed by atoms with Crippen molar-refractivity contribution >= 4 is 0 Å². The molecule has 0 aliphatic carbocycles. The zero-order valence-electron chi connectivity index (χ0n) is 24.1. The van der Waals surface area contributed by atoms with Gasteiger partial charge in [-0.05, 0) is 25.7 Å². The smallest absolute Gasteiger partial charge is 0.102 e. The molecule has 0 atom stereocenters. The molecule has 212 valence electrons. The number of nitrogens with zero attached hydrogens (tertiary/aromatic N) is 2. The summed E-state index contributed by atoms with van der Waals surface area (Å²) in [5.74, 6) is 0. The molecular weight excluding hydrogens is 467 g/mol. The summed E-state index contributed by atoms with van der Waals surface area (Å²) in [5.41, 5.74) is 0. The molecule has 0 fully saturated rings. The number of hydrogen-bond acceptors (Lipinski definition) is 2. The third-order valence-electron chi connectivity index (χ3n) is 6.64. The second kappa shape index (κ2) is 29.6. The monoisotopic (exact) mass is 530 g/mol. The number of hydrogen-bond donors (Lipinski definition) is 2. The summed E-state index contributed by atoms with van der Waals surface area (Å²) in [6, 6.07) is 0. The number of quaternary nitrogens is 2. The molecule has 0 rings (SSSR count). The van der Waals surface area contributed by atoms with Crippen LogP contribution < -0.4 is 24.8 Å². The van der Waals surface area contributed by atoms with Crippen molar-refractivity contribution in [3.05, 3.63) is 0 Å². The highest BCUT2D eigenvalue weighted by Gasteiger charge is 2.13. The molecule has 0 aromatic carbocycles. The molecule has 0 radical (unpaired) electrons. The van der Waals surface area contributed by atoms with Crippen LogP contribution in [0.15, 0.2) is 0 Å². The number of likely N-dealkylation sites (N-methyl/N-ethyl adjacent to an activating group) is 2. The molecule has 6 heteroatoms. The van der Waals surface area contributed by atoms with Gasteiger partial charge in [0.1, 0.15) is 13.1 Å². The van der Waals surface area contributed by atoms with Gasteiger partial charge < -0.3 is 44.0 Å². The summed E-state index contributed by atoms with van der Waals surface area (Å²) in [7, 11) is 8.82. The fourth-order valence-corrected chi connectivity index (χ4v) is 4.11. The van der Waals surface area contributed by atoms with E-state index in [0.29, 0.717) is 13.2 Å². The normalized spacial score (nSPS) is 11.3. The van der Waals surface area contributed by atoms with Crippen molar-refractivity contribution in [2.45, 2.75) is 117 Å². The first-order valence-corrected chi connectivity index (χ1v) is 14.1. The minimum Gasteiger partial charge on any atom is -1.00 e. The average molecular weight is 532 g/mol. The summed E-state index contributed by atoms with van der Waals surface area (Å²) in [6.45, 7) is 9.33. The van der Waals surface area contributed by atoms with E-state index in [-0.39, 0.29) is 24.8 Å². The molecule has 2 N–H and O–H groups in total. The fraction of sp³-hybridized carbons (Fsp3) is 1.00. The fourth-order valence-electron chi connectivity index (χ4n) is 4.11. The van der Waals surface area contributed by atoms with Crippen molar-refractivity contribution in [2.24, 2.45) is 0 Å². The number of halogens is 2. The minimum atomic E-state index is 0. The Kier molecular flexibility index (Phi) is 36.2. The van der Waals surface area contributed by atoms with Crippen LogP contribution in [0, 0.1) is 0 Å². The lowest BCUT2D eigenvalue weighted by molar-refractivity contribution is -0.890. The van der Waals surface area contributed by atoms with E-state index in [2.05, 4.69) is 42.0 Å². The maximum atomic E-state index is 8.91. The maximum absolute atomic E-state index is 8.91. The zero-order chi connectivity index (χ0) is 24.6. The number of unbranched alkanes of at least 4 members (excludes halogenated alkanes) is 14. The average Bonchev–Trinajstić information content (AvgIpc) is 2.72. The van der Waals surface area contributed by atoms with Gasteiger partial charge in [0.2, 0.25) is 0 Å². The van der Waals surface area contributed by atoms with Crippen molar-refractivity contribution in [2.75, 3.05) is 67.6 Å². The lowest BCUT2D eigenvalue weighted by atomic mass is 10.1. The highest BCUT2D eigenvalue weighted by atomic mass is 35.5. The van der Waals surface area contributed by atoms with Crippen LogP contribution in [0.25, 0.3) is 0 Å². The Bertz CT molecular complexity index is 336. The molecule has 0 aliphatic heterocycles. The van der Waals surface area contributed by atoms with Crippen LogP contribution in [0.1, 0.15) is 117 Å². The third kappa shape index (κ3) is 34.6. The van der Waals surface area contributed by atoms with Crippen molar-refractivity contribution in [3.63, 3.8) is 0 Å². The van der Waals surface area contributed by atoms with Gasteiger partial charge in [0.05, 0.1) is 54.5 Å². The van der Waals surface area contributed by atoms with Gasteiger partial charge in [0.15, 0.2) is 0 Å². The molecule has 0 amide bonds. The van der Waals surface area contributed by atoms with E-state index in [4.69, 9.17) is 10.2 Å². The number of aliphatic hydroxyl groups is 2. The molecule has 0 saturated heterocycles. The van der Waals surface area contributed by atoms with Crippen LogP contribution in [-0.4, -0.2) is 86.8 Å². The van der Waals surface area contributed by atoms with E-state index in [1.54, 1.807) is 0 Å². The topological polar surface area (TPSA) is 40.5 Å². The van der Waals surface area contributed by atoms with E-state index in [1.807, 2.05) is 0 Å². The van der Waals surface area contributed by atoms with Crippen molar-refractivity contribution < 1.29 is 44.0 Å². The van der Waals surface area contributed by atoms with Gasteiger partial charge in [0.25, 0.3) is 0 Å². The minimum absolute atomic E-state index is 0. The van der Waals surface area contributed by atoms with Gasteiger partial charge in [-0.3, -0.25) is 0 Å². The summed E-state index contributed by atoms with van der Waals surface area (Å²) >= 11 is 0. The molecule has 0 bridgehead atoms. The van der Waals surface area contributed by atoms with Gasteiger partial charge in [-0.1, -0.05) is 90.9 Å². The molecule has 0 aliphatic rings. The standard InChI is InChI=1S/2C14H32NO.2ClH/c2*1-4-5-6-7-8-9-10-11-12-15(2,3)13-14-16;;/h2*16H,4-14H2,1-3H3;2*1H/q2*+1;;/p-2. The summed E-state index contributed by atoms with van der Waals surface area (Å²) in [6.07, 6.45) is 22.1. The molecule has 0 aromatic heterocycles. The Morgan fingerprint density at radius 1 is 0.382 bits per heavy atom. The van der Waals surface area contributed by atoms with Gasteiger partial charge in [-0.2, -0.15) is 0 Å². The Balaban J connectivity index is -0.000000250. The Hall–Kier alpha value is 0.420. The van der Waals surface area contributed by atoms with Crippen LogP contribution in [-0.2, 0) is 0 Å². The second-order valence-corrected chi connectivity index (χ2v) is 11.2. The van der Waals surface area contributed by atoms with Crippen LogP contribution in [0.4, 0.5) is 0 Å². The van der Waals surface area contributed by atoms with Crippen molar-refractivity contribution in [1.29, 1.82) is 0 Å². The number of rotatable bonds is 22. The lowest BCUT2D eigenvalue weighted by Crippen LogP contribution is -3.00. The zero-order valence-corrected chi connectivity index (χ0v) is 25.6. The first-order chi connectivity index (χ1) is 15.2. The lowest BCUT2D eigenvalue weighted by Gasteiger charge is -2.28. The first-order valence-electron chi connectivity index (χ1n) is 14.1. The predicted molar refractivity (Wildman–Crippen MR) is 143 cm³/mol. The van der Waals surface area contributed by atoms with Gasteiger partial charge in [-0.15, -0.1) is 0 Å². The van der Waals surface area contributed by atoms with E-state index in [0.717, 1.165) is 22.1 Å². The number of aliphatic hydroxyl groups excluding tert-OH is 2. The van der Waals surface area contributed by atoms with Crippen molar-refractivity contribution in [1.82, 2.24) is 0 Å². The molecule has 0 unspecified atom stereocenters. The quantitative estimate of drug-likeness (QED) is 0.157. The third-order valence-corrected chi connectivity index (χ3v) is 6.64. The van der Waals surface area contributed by atoms with E-state index in [9.17, 15) is 0 Å². The summed E-state index contributed by atoms with van der Waals surface area (Å²) in [5, 5.41) is 17.8. The molecule has 34 heavy (non-hydrogen) atoms. The molecular formula is C28H64Cl2N2O2. The van der Waals surface area contributed by atoms with E-state index >= 15 is 0 Å². The van der Waals surface area contributed by atoms with Crippen molar-refractivity contribution in [3.8, 4) is 0 Å². The molecule has 0 spiro atoms. The molecule has 0 heterocycles. The second-order valence-electron chi connectivity index (χ2n) is 11.2. The molecule has 4 nitrogen and oxygen atoms in total. The summed E-state index contributed by atoms with van der Waals surface area (Å²) in [4.78, 5) is 0. The van der Waals surface area contributed by atoms with Crippen LogP contribution in [0.3, 0.4) is 0 Å². The van der Waals surface area contributed by atoms with Crippen LogP contribution in [0.5, 0.6) is 0 Å². The Morgan fingerprint density at radius 3 is 0.853 bits per heavy atom. The van der Waals surface area contributed by atoms with Gasteiger partial charge in [-0.25, -0.2) is 0 Å². The predicted octanol–water partition coefficient (Wildman–Crippen LogP) is 0.400. The van der Waals surface area contributed by atoms with Gasteiger partial charge >= 0.3 is 0 Å². The van der Waals surface area contributed by atoms with Gasteiger partial charge in [0, 0.05) is 0 Å². The highest BCUT2D eigenvalue weighted by Crippen LogP contribution is 2.11. The van der Waals surface area contributed by atoms with Crippen LogP contribution in [0.2, 0.25) is 0 Å². The van der Waals surface area contributed by atoms with Crippen LogP contribution >= 0.6 is 0 Å². The first kappa shape index (κ1) is 41.5. The highest BCUT2D eigenvalue weighted by molar-refractivity contribution is 4.47. The molecule has 0 aromatic rings. The molecule has 0 saturated carbocycles. The van der Waals surface area contributed by atoms with E-state index < -0.39 is 0 Å². The Morgan fingerprint density at radius 2 is 0.618 bits per heavy atom. The van der Waals surface area contributed by atoms with E-state index in [1.165, 1.54) is 116 Å². The largest absolute Gasteiger partial charge is 1.00 e. The maximum Gasteiger partial charge on any atom is 0.102 e. The summed E-state index contributed by atoms with van der Waals surface area (Å²) < 4.78 is 1.93. The SMILES string of the molecule is CCCCCCCCCC[N+](C)(C)CCO.CCCCCCCCCC[N+](C)(C)CCO.[Cl-].[Cl-].